The third kappa shape index (κ3) is 4.79. The normalized spacial score (nSPS) is 10.9. The van der Waals surface area contributed by atoms with Crippen LogP contribution in [0.1, 0.15) is 5.69 Å². The molecule has 1 aromatic rings. The van der Waals surface area contributed by atoms with Gasteiger partial charge in [0.15, 0.2) is 0 Å². The Bertz CT molecular complexity index is 263. The second kappa shape index (κ2) is 6.22. The average Bonchev–Trinajstić information content (AvgIpc) is 2.15. The van der Waals surface area contributed by atoms with Crippen LogP contribution in [0.15, 0.2) is 12.4 Å². The van der Waals surface area contributed by atoms with Gasteiger partial charge in [-0.05, 0) is 14.1 Å². The minimum absolute atomic E-state index is 0.451. The minimum Gasteiger partial charge on any atom is -0.309 e. The molecule has 14 heavy (non-hydrogen) atoms. The Labute approximate surface area is 93.9 Å². The van der Waals surface area contributed by atoms with Gasteiger partial charge in [-0.25, -0.2) is 4.98 Å². The molecular weight excluding hydrogens is 218 g/mol. The summed E-state index contributed by atoms with van der Waals surface area (Å²) in [5, 5.41) is 0.451. The van der Waals surface area contributed by atoms with Gasteiger partial charge in [0.2, 0.25) is 0 Å². The summed E-state index contributed by atoms with van der Waals surface area (Å²) in [4.78, 5) is 10.3. The highest BCUT2D eigenvalue weighted by molar-refractivity contribution is 7.98. The van der Waals surface area contributed by atoms with E-state index in [2.05, 4.69) is 29.0 Å². The summed E-state index contributed by atoms with van der Waals surface area (Å²) in [5.41, 5.74) is 0.984. The van der Waals surface area contributed by atoms with Crippen LogP contribution in [0.2, 0.25) is 5.15 Å². The van der Waals surface area contributed by atoms with Crippen LogP contribution in [-0.2, 0) is 5.75 Å². The van der Waals surface area contributed by atoms with Gasteiger partial charge in [-0.2, -0.15) is 11.8 Å². The molecule has 1 aromatic heterocycles. The second-order valence-corrected chi connectivity index (χ2v) is 4.68. The van der Waals surface area contributed by atoms with Crippen molar-refractivity contribution in [3.63, 3.8) is 0 Å². The Kier molecular flexibility index (Phi) is 5.22. The van der Waals surface area contributed by atoms with Crippen molar-refractivity contribution in [3.05, 3.63) is 23.2 Å². The maximum Gasteiger partial charge on any atom is 0.147 e. The van der Waals surface area contributed by atoms with Crippen molar-refractivity contribution in [1.29, 1.82) is 0 Å². The molecule has 0 radical (unpaired) electrons. The molecule has 1 heterocycles. The first-order valence-corrected chi connectivity index (χ1v) is 5.90. The Morgan fingerprint density at radius 1 is 1.36 bits per heavy atom. The maximum atomic E-state index is 5.63. The molecule has 0 saturated heterocycles. The number of halogens is 1. The number of hydrogen-bond donors (Lipinski definition) is 0. The lowest BCUT2D eigenvalue weighted by molar-refractivity contribution is 0.437. The van der Waals surface area contributed by atoms with Gasteiger partial charge in [-0.3, -0.25) is 4.98 Å². The Balaban J connectivity index is 2.21. The number of thioether (sulfide) groups is 1. The molecule has 0 unspecified atom stereocenters. The van der Waals surface area contributed by atoms with E-state index in [1.165, 1.54) is 0 Å². The van der Waals surface area contributed by atoms with Crippen molar-refractivity contribution in [2.45, 2.75) is 5.75 Å². The van der Waals surface area contributed by atoms with Crippen LogP contribution in [0.5, 0.6) is 0 Å². The molecule has 0 aliphatic carbocycles. The number of nitrogens with zero attached hydrogens (tertiary/aromatic N) is 3. The molecule has 0 fully saturated rings. The van der Waals surface area contributed by atoms with Crippen molar-refractivity contribution in [1.82, 2.24) is 14.9 Å². The zero-order chi connectivity index (χ0) is 10.4. The van der Waals surface area contributed by atoms with E-state index in [1.54, 1.807) is 12.4 Å². The van der Waals surface area contributed by atoms with E-state index >= 15 is 0 Å². The van der Waals surface area contributed by atoms with Gasteiger partial charge in [0.25, 0.3) is 0 Å². The van der Waals surface area contributed by atoms with Crippen molar-refractivity contribution >= 4 is 23.4 Å². The molecule has 0 N–H and O–H groups in total. The van der Waals surface area contributed by atoms with Crippen LogP contribution in [0, 0.1) is 0 Å². The molecule has 0 atom stereocenters. The topological polar surface area (TPSA) is 29.0 Å². The largest absolute Gasteiger partial charge is 0.309 e. The lowest BCUT2D eigenvalue weighted by Crippen LogP contribution is -2.14. The smallest absolute Gasteiger partial charge is 0.147 e. The number of aromatic nitrogens is 2. The lowest BCUT2D eigenvalue weighted by atomic mass is 10.5. The molecular formula is C9H14ClN3S. The molecule has 0 aliphatic rings. The van der Waals surface area contributed by atoms with E-state index in [1.807, 2.05) is 11.8 Å². The first-order chi connectivity index (χ1) is 6.68. The van der Waals surface area contributed by atoms with E-state index in [0.29, 0.717) is 5.15 Å². The molecule has 78 valence electrons. The standard InChI is InChI=1S/C9H14ClN3S/c1-13(2)3-4-14-7-8-5-12-9(10)6-11-8/h5-6H,3-4,7H2,1-2H3. The molecule has 0 amide bonds. The molecule has 0 saturated carbocycles. The van der Waals surface area contributed by atoms with Crippen LogP contribution in [0.4, 0.5) is 0 Å². The quantitative estimate of drug-likeness (QED) is 0.725. The van der Waals surface area contributed by atoms with E-state index in [9.17, 15) is 0 Å². The molecule has 0 aromatic carbocycles. The van der Waals surface area contributed by atoms with E-state index in [0.717, 1.165) is 23.7 Å². The van der Waals surface area contributed by atoms with E-state index in [-0.39, 0.29) is 0 Å². The SMILES string of the molecule is CN(C)CCSCc1cnc(Cl)cn1. The highest BCUT2D eigenvalue weighted by Gasteiger charge is 1.96. The Hall–Kier alpha value is -0.320. The molecule has 0 aliphatic heterocycles. The summed E-state index contributed by atoms with van der Waals surface area (Å²) in [6.07, 6.45) is 3.31. The van der Waals surface area contributed by atoms with Gasteiger partial charge in [0, 0.05) is 18.1 Å². The maximum absolute atomic E-state index is 5.63. The highest BCUT2D eigenvalue weighted by Crippen LogP contribution is 2.10. The predicted molar refractivity (Wildman–Crippen MR) is 61.8 cm³/mol. The monoisotopic (exact) mass is 231 g/mol. The van der Waals surface area contributed by atoms with Gasteiger partial charge in [0.05, 0.1) is 18.1 Å². The fraction of sp³-hybridized carbons (Fsp3) is 0.556. The second-order valence-electron chi connectivity index (χ2n) is 3.19. The van der Waals surface area contributed by atoms with Gasteiger partial charge in [0.1, 0.15) is 5.15 Å². The number of hydrogen-bond acceptors (Lipinski definition) is 4. The summed E-state index contributed by atoms with van der Waals surface area (Å²) in [5.74, 6) is 2.01. The van der Waals surface area contributed by atoms with Gasteiger partial charge in [-0.15, -0.1) is 0 Å². The molecule has 5 heteroatoms. The molecule has 1 rings (SSSR count). The van der Waals surface area contributed by atoms with Crippen molar-refractivity contribution < 1.29 is 0 Å². The summed E-state index contributed by atoms with van der Waals surface area (Å²) in [7, 11) is 4.14. The van der Waals surface area contributed by atoms with Crippen molar-refractivity contribution in [2.75, 3.05) is 26.4 Å². The van der Waals surface area contributed by atoms with Crippen molar-refractivity contribution in [3.8, 4) is 0 Å². The summed E-state index contributed by atoms with van der Waals surface area (Å²) < 4.78 is 0. The zero-order valence-corrected chi connectivity index (χ0v) is 9.98. The van der Waals surface area contributed by atoms with Gasteiger partial charge in [-0.1, -0.05) is 11.6 Å². The van der Waals surface area contributed by atoms with Crippen LogP contribution < -0.4 is 0 Å². The number of rotatable bonds is 5. The molecule has 0 spiro atoms. The fourth-order valence-electron chi connectivity index (χ4n) is 0.837. The third-order valence-electron chi connectivity index (χ3n) is 1.61. The van der Waals surface area contributed by atoms with E-state index in [4.69, 9.17) is 11.6 Å². The van der Waals surface area contributed by atoms with Crippen LogP contribution in [0.25, 0.3) is 0 Å². The van der Waals surface area contributed by atoms with Crippen LogP contribution in [-0.4, -0.2) is 41.3 Å². The van der Waals surface area contributed by atoms with Crippen LogP contribution in [0.3, 0.4) is 0 Å². The van der Waals surface area contributed by atoms with Crippen molar-refractivity contribution in [2.24, 2.45) is 0 Å². The fourth-order valence-corrected chi connectivity index (χ4v) is 1.93. The Morgan fingerprint density at radius 2 is 2.14 bits per heavy atom. The minimum atomic E-state index is 0.451. The lowest BCUT2D eigenvalue weighted by Gasteiger charge is -2.08. The van der Waals surface area contributed by atoms with Gasteiger partial charge < -0.3 is 4.90 Å². The Morgan fingerprint density at radius 3 is 2.71 bits per heavy atom. The summed E-state index contributed by atoms with van der Waals surface area (Å²) in [6.45, 7) is 1.09. The third-order valence-corrected chi connectivity index (χ3v) is 2.77. The molecule has 0 bridgehead atoms. The summed E-state index contributed by atoms with van der Waals surface area (Å²) >= 11 is 7.48. The average molecular weight is 232 g/mol. The molecule has 3 nitrogen and oxygen atoms in total. The van der Waals surface area contributed by atoms with Crippen LogP contribution >= 0.6 is 23.4 Å². The zero-order valence-electron chi connectivity index (χ0n) is 8.40. The first kappa shape index (κ1) is 11.8. The van der Waals surface area contributed by atoms with E-state index < -0.39 is 0 Å². The summed E-state index contributed by atoms with van der Waals surface area (Å²) in [6, 6.07) is 0. The highest BCUT2D eigenvalue weighted by atomic mass is 35.5. The first-order valence-electron chi connectivity index (χ1n) is 4.37. The predicted octanol–water partition coefficient (Wildman–Crippen LogP) is 1.92. The van der Waals surface area contributed by atoms with Gasteiger partial charge >= 0.3 is 0 Å².